The lowest BCUT2D eigenvalue weighted by Crippen LogP contribution is -2.42. The highest BCUT2D eigenvalue weighted by Crippen LogP contribution is 2.22. The molecule has 0 bridgehead atoms. The summed E-state index contributed by atoms with van der Waals surface area (Å²) in [5.74, 6) is 1.70. The van der Waals surface area contributed by atoms with Gasteiger partial charge in [0.2, 0.25) is 0 Å². The van der Waals surface area contributed by atoms with E-state index in [2.05, 4.69) is 22.8 Å². The van der Waals surface area contributed by atoms with E-state index in [-0.39, 0.29) is 0 Å². The highest BCUT2D eigenvalue weighted by atomic mass is 16.5. The lowest BCUT2D eigenvalue weighted by atomic mass is 10.0. The van der Waals surface area contributed by atoms with Gasteiger partial charge in [-0.25, -0.2) is 0 Å². The standard InChI is InChI=1S/C19H24N2O2/c22-19(10-12-21-15-19)14-20-11-9-16-5-4-8-18(13-16)23-17-6-2-1-3-7-17/h1-8,13,20-22H,9-12,14-15H2/t19-/m0/s1. The molecule has 2 aromatic carbocycles. The third kappa shape index (κ3) is 4.79. The molecular formula is C19H24N2O2. The van der Waals surface area contributed by atoms with Gasteiger partial charge in [0.1, 0.15) is 11.5 Å². The highest BCUT2D eigenvalue weighted by Gasteiger charge is 2.30. The van der Waals surface area contributed by atoms with Crippen LogP contribution in [0.25, 0.3) is 0 Å². The molecule has 0 unspecified atom stereocenters. The monoisotopic (exact) mass is 312 g/mol. The Labute approximate surface area is 137 Å². The van der Waals surface area contributed by atoms with Crippen molar-refractivity contribution in [2.75, 3.05) is 26.2 Å². The number of rotatable bonds is 7. The molecule has 1 atom stereocenters. The summed E-state index contributed by atoms with van der Waals surface area (Å²) in [6.07, 6.45) is 1.73. The van der Waals surface area contributed by atoms with Gasteiger partial charge in [-0.1, -0.05) is 30.3 Å². The fraction of sp³-hybridized carbons (Fsp3) is 0.368. The van der Waals surface area contributed by atoms with E-state index in [0.717, 1.165) is 37.4 Å². The van der Waals surface area contributed by atoms with Crippen LogP contribution in [0.1, 0.15) is 12.0 Å². The van der Waals surface area contributed by atoms with Gasteiger partial charge in [0.05, 0.1) is 5.60 Å². The molecule has 122 valence electrons. The van der Waals surface area contributed by atoms with Crippen molar-refractivity contribution in [2.45, 2.75) is 18.4 Å². The summed E-state index contributed by atoms with van der Waals surface area (Å²) < 4.78 is 5.85. The second-order valence-corrected chi connectivity index (χ2v) is 6.14. The van der Waals surface area contributed by atoms with Crippen LogP contribution in [-0.2, 0) is 6.42 Å². The molecule has 0 saturated carbocycles. The predicted molar refractivity (Wildman–Crippen MR) is 92.0 cm³/mol. The fourth-order valence-corrected chi connectivity index (χ4v) is 2.82. The number of nitrogens with one attached hydrogen (secondary N) is 2. The van der Waals surface area contributed by atoms with Crippen molar-refractivity contribution in [1.29, 1.82) is 0 Å². The molecule has 1 saturated heterocycles. The molecule has 0 spiro atoms. The van der Waals surface area contributed by atoms with Crippen LogP contribution in [0.4, 0.5) is 0 Å². The van der Waals surface area contributed by atoms with Gasteiger partial charge in [-0.05, 0) is 55.8 Å². The summed E-state index contributed by atoms with van der Waals surface area (Å²) in [5, 5.41) is 16.8. The zero-order valence-corrected chi connectivity index (χ0v) is 13.3. The van der Waals surface area contributed by atoms with Crippen LogP contribution in [-0.4, -0.2) is 36.9 Å². The lowest BCUT2D eigenvalue weighted by Gasteiger charge is -2.21. The summed E-state index contributed by atoms with van der Waals surface area (Å²) in [4.78, 5) is 0. The maximum absolute atomic E-state index is 10.3. The normalized spacial score (nSPS) is 20.6. The van der Waals surface area contributed by atoms with Crippen LogP contribution >= 0.6 is 0 Å². The Balaban J connectivity index is 1.48. The summed E-state index contributed by atoms with van der Waals surface area (Å²) in [6.45, 7) is 3.06. The van der Waals surface area contributed by atoms with E-state index in [9.17, 15) is 5.11 Å². The van der Waals surface area contributed by atoms with Gasteiger partial charge in [0.25, 0.3) is 0 Å². The number of hydrogen-bond acceptors (Lipinski definition) is 4. The predicted octanol–water partition coefficient (Wildman–Crippen LogP) is 2.34. The molecule has 1 aliphatic rings. The number of hydrogen-bond donors (Lipinski definition) is 3. The van der Waals surface area contributed by atoms with E-state index in [1.807, 2.05) is 42.5 Å². The second-order valence-electron chi connectivity index (χ2n) is 6.14. The average molecular weight is 312 g/mol. The minimum Gasteiger partial charge on any atom is -0.457 e. The van der Waals surface area contributed by atoms with E-state index < -0.39 is 5.60 Å². The zero-order valence-electron chi connectivity index (χ0n) is 13.3. The van der Waals surface area contributed by atoms with E-state index >= 15 is 0 Å². The number of para-hydroxylation sites is 1. The fourth-order valence-electron chi connectivity index (χ4n) is 2.82. The summed E-state index contributed by atoms with van der Waals surface area (Å²) in [7, 11) is 0. The van der Waals surface area contributed by atoms with E-state index in [1.54, 1.807) is 0 Å². The van der Waals surface area contributed by atoms with Crippen molar-refractivity contribution in [3.8, 4) is 11.5 Å². The smallest absolute Gasteiger partial charge is 0.127 e. The first kappa shape index (κ1) is 16.0. The van der Waals surface area contributed by atoms with E-state index in [4.69, 9.17) is 4.74 Å². The molecule has 23 heavy (non-hydrogen) atoms. The summed E-state index contributed by atoms with van der Waals surface area (Å²) in [5.41, 5.74) is 0.639. The molecule has 0 amide bonds. The Bertz CT molecular complexity index is 610. The Kier molecular flexibility index (Phi) is 5.28. The molecule has 1 fully saturated rings. The molecular weight excluding hydrogens is 288 g/mol. The first-order chi connectivity index (χ1) is 11.2. The van der Waals surface area contributed by atoms with Crippen molar-refractivity contribution in [3.63, 3.8) is 0 Å². The number of β-amino-alcohol motifs (C(OH)–C–C–N with tert-alkyl or cyclic N) is 1. The maximum atomic E-state index is 10.3. The molecule has 0 aromatic heterocycles. The zero-order chi connectivity index (χ0) is 16.0. The average Bonchev–Trinajstić information content (AvgIpc) is 3.00. The van der Waals surface area contributed by atoms with Gasteiger partial charge in [-0.15, -0.1) is 0 Å². The molecule has 0 aliphatic carbocycles. The molecule has 4 heteroatoms. The first-order valence-corrected chi connectivity index (χ1v) is 8.19. The quantitative estimate of drug-likeness (QED) is 0.687. The molecule has 1 heterocycles. The third-order valence-electron chi connectivity index (χ3n) is 4.14. The lowest BCUT2D eigenvalue weighted by molar-refractivity contribution is 0.0615. The number of ether oxygens (including phenoxy) is 1. The summed E-state index contributed by atoms with van der Waals surface area (Å²) in [6, 6.07) is 18.0. The Morgan fingerprint density at radius 1 is 1.09 bits per heavy atom. The SMILES string of the molecule is O[C@]1(CNCCc2cccc(Oc3ccccc3)c2)CCNC1. The minimum absolute atomic E-state index is 0.585. The minimum atomic E-state index is -0.585. The first-order valence-electron chi connectivity index (χ1n) is 8.19. The molecule has 4 nitrogen and oxygen atoms in total. The number of aliphatic hydroxyl groups is 1. The van der Waals surface area contributed by atoms with Crippen LogP contribution in [0.15, 0.2) is 54.6 Å². The Hall–Kier alpha value is -1.88. The maximum Gasteiger partial charge on any atom is 0.127 e. The molecule has 1 aliphatic heterocycles. The van der Waals surface area contributed by atoms with Gasteiger partial charge in [0.15, 0.2) is 0 Å². The van der Waals surface area contributed by atoms with Crippen LogP contribution in [0.2, 0.25) is 0 Å². The highest BCUT2D eigenvalue weighted by molar-refractivity contribution is 5.33. The summed E-state index contributed by atoms with van der Waals surface area (Å²) >= 11 is 0. The van der Waals surface area contributed by atoms with Gasteiger partial charge >= 0.3 is 0 Å². The van der Waals surface area contributed by atoms with Gasteiger partial charge in [-0.2, -0.15) is 0 Å². The van der Waals surface area contributed by atoms with Crippen molar-refractivity contribution in [3.05, 3.63) is 60.2 Å². The van der Waals surface area contributed by atoms with Crippen LogP contribution in [0.5, 0.6) is 11.5 Å². The molecule has 2 aromatic rings. The molecule has 3 N–H and O–H groups in total. The van der Waals surface area contributed by atoms with E-state index in [0.29, 0.717) is 13.1 Å². The largest absolute Gasteiger partial charge is 0.457 e. The number of benzene rings is 2. The van der Waals surface area contributed by atoms with Crippen LogP contribution in [0, 0.1) is 0 Å². The van der Waals surface area contributed by atoms with Gasteiger partial charge in [-0.3, -0.25) is 0 Å². The third-order valence-corrected chi connectivity index (χ3v) is 4.14. The van der Waals surface area contributed by atoms with Gasteiger partial charge < -0.3 is 20.5 Å². The molecule has 3 rings (SSSR count). The molecule has 0 radical (unpaired) electrons. The van der Waals surface area contributed by atoms with Crippen LogP contribution < -0.4 is 15.4 Å². The van der Waals surface area contributed by atoms with Crippen molar-refractivity contribution < 1.29 is 9.84 Å². The Morgan fingerprint density at radius 2 is 1.91 bits per heavy atom. The second kappa shape index (κ2) is 7.59. The van der Waals surface area contributed by atoms with Crippen molar-refractivity contribution in [1.82, 2.24) is 10.6 Å². The van der Waals surface area contributed by atoms with Crippen molar-refractivity contribution in [2.24, 2.45) is 0 Å². The Morgan fingerprint density at radius 3 is 2.70 bits per heavy atom. The van der Waals surface area contributed by atoms with Crippen LogP contribution in [0.3, 0.4) is 0 Å². The topological polar surface area (TPSA) is 53.5 Å². The van der Waals surface area contributed by atoms with Gasteiger partial charge in [0, 0.05) is 13.1 Å². The van der Waals surface area contributed by atoms with Crippen molar-refractivity contribution >= 4 is 0 Å². The van der Waals surface area contributed by atoms with E-state index in [1.165, 1.54) is 5.56 Å².